The number of carboxylic acids is 1. The molecule has 0 saturated heterocycles. The molecule has 5 nitrogen and oxygen atoms in total. The molecular weight excluding hydrogens is 222 g/mol. The summed E-state index contributed by atoms with van der Waals surface area (Å²) in [6, 6.07) is 6.47. The molecule has 1 rings (SSSR count). The number of hydrogen-bond donors (Lipinski definition) is 2. The standard InChI is InChI=1S/C12H15NO4/c1-9(14)13-7-4-8-17-11-6-3-2-5-10(11)12(15)16/h2-3,5-6H,4,7-8H2,1H3,(H,13,14)(H,15,16). The van der Waals surface area contributed by atoms with Gasteiger partial charge in [0, 0.05) is 13.5 Å². The van der Waals surface area contributed by atoms with E-state index in [1.807, 2.05) is 0 Å². The molecule has 0 aliphatic carbocycles. The van der Waals surface area contributed by atoms with Gasteiger partial charge in [0.25, 0.3) is 0 Å². The number of rotatable bonds is 6. The molecule has 1 aromatic rings. The highest BCUT2D eigenvalue weighted by Crippen LogP contribution is 2.17. The number of aromatic carboxylic acids is 1. The van der Waals surface area contributed by atoms with Crippen LogP contribution in [0.5, 0.6) is 5.75 Å². The van der Waals surface area contributed by atoms with Crippen LogP contribution in [-0.2, 0) is 4.79 Å². The number of para-hydroxylation sites is 1. The zero-order valence-corrected chi connectivity index (χ0v) is 9.60. The Morgan fingerprint density at radius 3 is 2.71 bits per heavy atom. The van der Waals surface area contributed by atoms with Crippen LogP contribution in [0.3, 0.4) is 0 Å². The van der Waals surface area contributed by atoms with E-state index in [0.717, 1.165) is 0 Å². The van der Waals surface area contributed by atoms with Crippen molar-refractivity contribution in [3.63, 3.8) is 0 Å². The average molecular weight is 237 g/mol. The van der Waals surface area contributed by atoms with Gasteiger partial charge in [0.05, 0.1) is 6.61 Å². The summed E-state index contributed by atoms with van der Waals surface area (Å²) >= 11 is 0. The third-order valence-electron chi connectivity index (χ3n) is 2.07. The van der Waals surface area contributed by atoms with Crippen molar-refractivity contribution in [1.29, 1.82) is 0 Å². The minimum Gasteiger partial charge on any atom is -0.493 e. The summed E-state index contributed by atoms with van der Waals surface area (Å²) in [5, 5.41) is 11.5. The van der Waals surface area contributed by atoms with Crippen LogP contribution in [0.15, 0.2) is 24.3 Å². The minimum atomic E-state index is -1.01. The Bertz CT molecular complexity index is 403. The van der Waals surface area contributed by atoms with E-state index < -0.39 is 5.97 Å². The number of hydrogen-bond acceptors (Lipinski definition) is 3. The Morgan fingerprint density at radius 2 is 2.06 bits per heavy atom. The number of benzene rings is 1. The molecule has 0 heterocycles. The third-order valence-corrected chi connectivity index (χ3v) is 2.07. The number of amides is 1. The summed E-state index contributed by atoms with van der Waals surface area (Å²) < 4.78 is 5.35. The van der Waals surface area contributed by atoms with Gasteiger partial charge in [0.1, 0.15) is 11.3 Å². The Balaban J connectivity index is 2.41. The molecule has 0 atom stereocenters. The predicted octanol–water partition coefficient (Wildman–Crippen LogP) is 1.29. The van der Waals surface area contributed by atoms with Gasteiger partial charge >= 0.3 is 5.97 Å². The van der Waals surface area contributed by atoms with Crippen LogP contribution in [-0.4, -0.2) is 30.1 Å². The van der Waals surface area contributed by atoms with Crippen molar-refractivity contribution in [2.45, 2.75) is 13.3 Å². The van der Waals surface area contributed by atoms with Crippen LogP contribution in [0, 0.1) is 0 Å². The fourth-order valence-electron chi connectivity index (χ4n) is 1.29. The van der Waals surface area contributed by atoms with Crippen molar-refractivity contribution in [3.05, 3.63) is 29.8 Å². The minimum absolute atomic E-state index is 0.0871. The Kier molecular flexibility index (Phi) is 5.00. The Hall–Kier alpha value is -2.04. The second-order valence-electron chi connectivity index (χ2n) is 3.49. The maximum absolute atomic E-state index is 10.9. The van der Waals surface area contributed by atoms with E-state index in [0.29, 0.717) is 25.3 Å². The van der Waals surface area contributed by atoms with Gasteiger partial charge < -0.3 is 15.2 Å². The molecular formula is C12H15NO4. The van der Waals surface area contributed by atoms with Crippen LogP contribution in [0.4, 0.5) is 0 Å². The van der Waals surface area contributed by atoms with Gasteiger partial charge in [-0.15, -0.1) is 0 Å². The maximum Gasteiger partial charge on any atom is 0.339 e. The van der Waals surface area contributed by atoms with Crippen molar-refractivity contribution >= 4 is 11.9 Å². The van der Waals surface area contributed by atoms with E-state index in [-0.39, 0.29) is 11.5 Å². The molecule has 0 aromatic heterocycles. The Labute approximate surface area is 99.4 Å². The van der Waals surface area contributed by atoms with E-state index >= 15 is 0 Å². The van der Waals surface area contributed by atoms with Gasteiger partial charge in [-0.05, 0) is 18.6 Å². The summed E-state index contributed by atoms with van der Waals surface area (Å²) in [7, 11) is 0. The largest absolute Gasteiger partial charge is 0.493 e. The van der Waals surface area contributed by atoms with Gasteiger partial charge in [-0.3, -0.25) is 4.79 Å². The fourth-order valence-corrected chi connectivity index (χ4v) is 1.29. The predicted molar refractivity (Wildman–Crippen MR) is 62.2 cm³/mol. The second-order valence-corrected chi connectivity index (χ2v) is 3.49. The van der Waals surface area contributed by atoms with Gasteiger partial charge in [-0.25, -0.2) is 4.79 Å². The van der Waals surface area contributed by atoms with Crippen LogP contribution >= 0.6 is 0 Å². The molecule has 5 heteroatoms. The molecule has 0 aliphatic heterocycles. The summed E-state index contributed by atoms with van der Waals surface area (Å²) in [5.74, 6) is -0.749. The monoisotopic (exact) mass is 237 g/mol. The topological polar surface area (TPSA) is 75.6 Å². The van der Waals surface area contributed by atoms with Crippen LogP contribution < -0.4 is 10.1 Å². The van der Waals surface area contributed by atoms with Gasteiger partial charge in [0.2, 0.25) is 5.91 Å². The SMILES string of the molecule is CC(=O)NCCCOc1ccccc1C(=O)O. The van der Waals surface area contributed by atoms with Crippen molar-refractivity contribution in [3.8, 4) is 5.75 Å². The van der Waals surface area contributed by atoms with E-state index in [4.69, 9.17) is 9.84 Å². The van der Waals surface area contributed by atoms with Gasteiger partial charge in [-0.1, -0.05) is 12.1 Å². The summed E-state index contributed by atoms with van der Waals surface area (Å²) in [5.41, 5.74) is 0.145. The van der Waals surface area contributed by atoms with Crippen molar-refractivity contribution < 1.29 is 19.4 Å². The molecule has 2 N–H and O–H groups in total. The van der Waals surface area contributed by atoms with Gasteiger partial charge in [0.15, 0.2) is 0 Å². The lowest BCUT2D eigenvalue weighted by Gasteiger charge is -2.08. The number of ether oxygens (including phenoxy) is 1. The molecule has 1 amide bonds. The zero-order chi connectivity index (χ0) is 12.7. The van der Waals surface area contributed by atoms with E-state index in [2.05, 4.69) is 5.32 Å². The smallest absolute Gasteiger partial charge is 0.339 e. The molecule has 0 aliphatic rings. The van der Waals surface area contributed by atoms with Gasteiger partial charge in [-0.2, -0.15) is 0 Å². The molecule has 0 radical (unpaired) electrons. The van der Waals surface area contributed by atoms with Crippen LogP contribution in [0.2, 0.25) is 0 Å². The van der Waals surface area contributed by atoms with Crippen LogP contribution in [0.25, 0.3) is 0 Å². The number of carbonyl (C=O) groups is 2. The first kappa shape index (κ1) is 13.0. The molecule has 0 bridgehead atoms. The summed E-state index contributed by atoms with van der Waals surface area (Å²) in [6.45, 7) is 2.33. The molecule has 92 valence electrons. The number of carboxylic acid groups (broad SMARTS) is 1. The lowest BCUT2D eigenvalue weighted by atomic mass is 10.2. The highest BCUT2D eigenvalue weighted by atomic mass is 16.5. The first-order valence-corrected chi connectivity index (χ1v) is 5.31. The third kappa shape index (κ3) is 4.55. The fraction of sp³-hybridized carbons (Fsp3) is 0.333. The van der Waals surface area contributed by atoms with Crippen molar-refractivity contribution in [1.82, 2.24) is 5.32 Å². The van der Waals surface area contributed by atoms with Crippen molar-refractivity contribution in [2.75, 3.05) is 13.2 Å². The van der Waals surface area contributed by atoms with E-state index in [9.17, 15) is 9.59 Å². The van der Waals surface area contributed by atoms with Crippen LogP contribution in [0.1, 0.15) is 23.7 Å². The Morgan fingerprint density at radius 1 is 1.35 bits per heavy atom. The average Bonchev–Trinajstić information content (AvgIpc) is 2.28. The summed E-state index contributed by atoms with van der Waals surface area (Å²) in [6.07, 6.45) is 0.632. The highest BCUT2D eigenvalue weighted by Gasteiger charge is 2.09. The number of carbonyl (C=O) groups excluding carboxylic acids is 1. The quantitative estimate of drug-likeness (QED) is 0.731. The molecule has 17 heavy (non-hydrogen) atoms. The second kappa shape index (κ2) is 6.52. The first-order valence-electron chi connectivity index (χ1n) is 5.31. The molecule has 0 saturated carbocycles. The lowest BCUT2D eigenvalue weighted by molar-refractivity contribution is -0.118. The number of nitrogens with one attached hydrogen (secondary N) is 1. The highest BCUT2D eigenvalue weighted by molar-refractivity contribution is 5.90. The molecule has 0 spiro atoms. The van der Waals surface area contributed by atoms with E-state index in [1.165, 1.54) is 13.0 Å². The molecule has 0 unspecified atom stereocenters. The summed E-state index contributed by atoms with van der Waals surface area (Å²) in [4.78, 5) is 21.5. The maximum atomic E-state index is 10.9. The van der Waals surface area contributed by atoms with E-state index in [1.54, 1.807) is 18.2 Å². The first-order chi connectivity index (χ1) is 8.11. The van der Waals surface area contributed by atoms with Crippen molar-refractivity contribution in [2.24, 2.45) is 0 Å². The zero-order valence-electron chi connectivity index (χ0n) is 9.60. The lowest BCUT2D eigenvalue weighted by Crippen LogP contribution is -2.22. The normalized spacial score (nSPS) is 9.71. The molecule has 1 aromatic carbocycles. The molecule has 0 fully saturated rings.